The van der Waals surface area contributed by atoms with Gasteiger partial charge >= 0.3 is 6.01 Å². The largest absolute Gasteiger partial charge is 0.406 e. The third-order valence-corrected chi connectivity index (χ3v) is 4.11. The fourth-order valence-corrected chi connectivity index (χ4v) is 3.04. The van der Waals surface area contributed by atoms with Gasteiger partial charge in [0.15, 0.2) is 0 Å². The Morgan fingerprint density at radius 2 is 2.17 bits per heavy atom. The van der Waals surface area contributed by atoms with E-state index in [0.29, 0.717) is 17.9 Å². The first kappa shape index (κ1) is 13.7. The molecule has 1 aliphatic rings. The van der Waals surface area contributed by atoms with E-state index in [4.69, 9.17) is 4.42 Å². The van der Waals surface area contributed by atoms with Crippen LogP contribution >= 0.6 is 11.8 Å². The quantitative estimate of drug-likeness (QED) is 0.828. The fourth-order valence-electron chi connectivity index (χ4n) is 1.93. The summed E-state index contributed by atoms with van der Waals surface area (Å²) in [7, 11) is 0. The number of anilines is 1. The Labute approximate surface area is 112 Å². The van der Waals surface area contributed by atoms with Crippen molar-refractivity contribution in [2.24, 2.45) is 0 Å². The van der Waals surface area contributed by atoms with Crippen molar-refractivity contribution in [3.8, 4) is 0 Å². The van der Waals surface area contributed by atoms with Gasteiger partial charge in [-0.2, -0.15) is 11.8 Å². The van der Waals surface area contributed by atoms with Crippen molar-refractivity contribution in [3.05, 3.63) is 5.89 Å². The minimum Gasteiger partial charge on any atom is -0.406 e. The van der Waals surface area contributed by atoms with Crippen molar-refractivity contribution in [2.45, 2.75) is 45.2 Å². The van der Waals surface area contributed by atoms with E-state index in [2.05, 4.69) is 27.8 Å². The summed E-state index contributed by atoms with van der Waals surface area (Å²) in [5.41, 5.74) is 0. The molecule has 1 fully saturated rings. The molecule has 1 aromatic heterocycles. The van der Waals surface area contributed by atoms with E-state index in [1.54, 1.807) is 0 Å². The first-order valence-corrected chi connectivity index (χ1v) is 7.86. The summed E-state index contributed by atoms with van der Waals surface area (Å²) in [6.45, 7) is 5.15. The molecule has 0 saturated carbocycles. The molecule has 1 unspecified atom stereocenters. The standard InChI is InChI=1S/C12H22N4OS/c1-3-6-13-9(2)11-15-16-12(17-11)14-10-4-7-18-8-5-10/h9-10,13H,3-8H2,1-2H3,(H,14,16). The highest BCUT2D eigenvalue weighted by Crippen LogP contribution is 2.21. The Morgan fingerprint density at radius 1 is 1.39 bits per heavy atom. The molecule has 6 heteroatoms. The molecule has 0 bridgehead atoms. The predicted molar refractivity (Wildman–Crippen MR) is 75.0 cm³/mol. The normalized spacial score (nSPS) is 18.8. The van der Waals surface area contributed by atoms with E-state index in [0.717, 1.165) is 13.0 Å². The SMILES string of the molecule is CCCNC(C)c1nnc(NC2CCSCC2)o1. The Bertz CT molecular complexity index is 352. The molecule has 1 saturated heterocycles. The molecule has 2 N–H and O–H groups in total. The monoisotopic (exact) mass is 270 g/mol. The molecule has 2 heterocycles. The summed E-state index contributed by atoms with van der Waals surface area (Å²) in [4.78, 5) is 0. The van der Waals surface area contributed by atoms with Crippen LogP contribution in [0.4, 0.5) is 6.01 Å². The van der Waals surface area contributed by atoms with Crippen LogP contribution in [0.25, 0.3) is 0 Å². The lowest BCUT2D eigenvalue weighted by Gasteiger charge is -2.21. The molecule has 5 nitrogen and oxygen atoms in total. The van der Waals surface area contributed by atoms with Gasteiger partial charge in [-0.25, -0.2) is 0 Å². The van der Waals surface area contributed by atoms with E-state index < -0.39 is 0 Å². The van der Waals surface area contributed by atoms with Gasteiger partial charge in [0.05, 0.1) is 6.04 Å². The molecule has 1 atom stereocenters. The average Bonchev–Trinajstić information content (AvgIpc) is 2.86. The van der Waals surface area contributed by atoms with Crippen LogP contribution in [0.15, 0.2) is 4.42 Å². The highest BCUT2D eigenvalue weighted by Gasteiger charge is 2.18. The molecule has 18 heavy (non-hydrogen) atoms. The van der Waals surface area contributed by atoms with Crippen LogP contribution in [-0.2, 0) is 0 Å². The number of rotatable bonds is 6. The molecular formula is C12H22N4OS. The zero-order valence-corrected chi connectivity index (χ0v) is 11.9. The van der Waals surface area contributed by atoms with Gasteiger partial charge in [0.2, 0.25) is 5.89 Å². The van der Waals surface area contributed by atoms with Crippen molar-refractivity contribution in [2.75, 3.05) is 23.4 Å². The average molecular weight is 270 g/mol. The van der Waals surface area contributed by atoms with Crippen LogP contribution < -0.4 is 10.6 Å². The van der Waals surface area contributed by atoms with Crippen LogP contribution in [0.2, 0.25) is 0 Å². The van der Waals surface area contributed by atoms with Gasteiger partial charge in [0, 0.05) is 6.04 Å². The Morgan fingerprint density at radius 3 is 2.89 bits per heavy atom. The van der Waals surface area contributed by atoms with Crippen LogP contribution in [0.1, 0.15) is 45.0 Å². The molecule has 0 radical (unpaired) electrons. The maximum absolute atomic E-state index is 5.64. The van der Waals surface area contributed by atoms with Crippen LogP contribution in [0, 0.1) is 0 Å². The number of aromatic nitrogens is 2. The van der Waals surface area contributed by atoms with Gasteiger partial charge in [-0.1, -0.05) is 12.0 Å². The van der Waals surface area contributed by atoms with Crippen molar-refractivity contribution in [1.29, 1.82) is 0 Å². The van der Waals surface area contributed by atoms with E-state index in [9.17, 15) is 0 Å². The van der Waals surface area contributed by atoms with Gasteiger partial charge in [0.25, 0.3) is 0 Å². The van der Waals surface area contributed by atoms with Gasteiger partial charge in [-0.3, -0.25) is 0 Å². The second kappa shape index (κ2) is 6.99. The predicted octanol–water partition coefficient (Wildman–Crippen LogP) is 2.44. The summed E-state index contributed by atoms with van der Waals surface area (Å²) in [6.07, 6.45) is 3.45. The van der Waals surface area contributed by atoms with Crippen LogP contribution in [-0.4, -0.2) is 34.3 Å². The van der Waals surface area contributed by atoms with E-state index in [1.165, 1.54) is 24.3 Å². The molecule has 0 aromatic carbocycles. The van der Waals surface area contributed by atoms with Crippen molar-refractivity contribution in [1.82, 2.24) is 15.5 Å². The third kappa shape index (κ3) is 3.88. The maximum Gasteiger partial charge on any atom is 0.315 e. The van der Waals surface area contributed by atoms with Crippen LogP contribution in [0.5, 0.6) is 0 Å². The van der Waals surface area contributed by atoms with Gasteiger partial charge in [0.1, 0.15) is 0 Å². The Balaban J connectivity index is 1.84. The molecule has 1 aliphatic heterocycles. The molecule has 2 rings (SSSR count). The lowest BCUT2D eigenvalue weighted by molar-refractivity contribution is 0.420. The highest BCUT2D eigenvalue weighted by molar-refractivity contribution is 7.99. The second-order valence-corrected chi connectivity index (χ2v) is 5.88. The van der Waals surface area contributed by atoms with Crippen LogP contribution in [0.3, 0.4) is 0 Å². The molecule has 0 amide bonds. The topological polar surface area (TPSA) is 63.0 Å². The molecule has 0 spiro atoms. The maximum atomic E-state index is 5.64. The summed E-state index contributed by atoms with van der Waals surface area (Å²) >= 11 is 2.01. The zero-order valence-electron chi connectivity index (χ0n) is 11.1. The fraction of sp³-hybridized carbons (Fsp3) is 0.833. The zero-order chi connectivity index (χ0) is 12.8. The minimum atomic E-state index is 0.120. The number of nitrogens with zero attached hydrogens (tertiary/aromatic N) is 2. The number of nitrogens with one attached hydrogen (secondary N) is 2. The summed E-state index contributed by atoms with van der Waals surface area (Å²) in [6, 6.07) is 1.17. The summed E-state index contributed by atoms with van der Waals surface area (Å²) in [5.74, 6) is 3.09. The second-order valence-electron chi connectivity index (χ2n) is 4.65. The summed E-state index contributed by atoms with van der Waals surface area (Å²) < 4.78 is 5.64. The first-order chi connectivity index (χ1) is 8.79. The number of thioether (sulfide) groups is 1. The number of hydrogen-bond acceptors (Lipinski definition) is 6. The molecule has 1 aromatic rings. The van der Waals surface area contributed by atoms with Gasteiger partial charge < -0.3 is 15.1 Å². The smallest absolute Gasteiger partial charge is 0.315 e. The van der Waals surface area contributed by atoms with E-state index >= 15 is 0 Å². The first-order valence-electron chi connectivity index (χ1n) is 6.70. The lowest BCUT2D eigenvalue weighted by atomic mass is 10.2. The van der Waals surface area contributed by atoms with E-state index in [-0.39, 0.29) is 6.04 Å². The third-order valence-electron chi connectivity index (χ3n) is 3.06. The van der Waals surface area contributed by atoms with Gasteiger partial charge in [-0.05, 0) is 44.2 Å². The van der Waals surface area contributed by atoms with Crippen molar-refractivity contribution in [3.63, 3.8) is 0 Å². The van der Waals surface area contributed by atoms with E-state index in [1.807, 2.05) is 18.7 Å². The summed E-state index contributed by atoms with van der Waals surface area (Å²) in [5, 5.41) is 14.8. The van der Waals surface area contributed by atoms with Gasteiger partial charge in [-0.15, -0.1) is 5.10 Å². The molecule has 102 valence electrons. The Hall–Kier alpha value is -0.750. The minimum absolute atomic E-state index is 0.120. The van der Waals surface area contributed by atoms with Crippen molar-refractivity contribution < 1.29 is 4.42 Å². The van der Waals surface area contributed by atoms with Crippen molar-refractivity contribution >= 4 is 17.8 Å². The number of hydrogen-bond donors (Lipinski definition) is 2. The molecular weight excluding hydrogens is 248 g/mol. The highest BCUT2D eigenvalue weighted by atomic mass is 32.2. The molecule has 0 aliphatic carbocycles. The lowest BCUT2D eigenvalue weighted by Crippen LogP contribution is -2.24. The Kier molecular flexibility index (Phi) is 5.31.